The first-order valence-electron chi connectivity index (χ1n) is 7.49. The van der Waals surface area contributed by atoms with Gasteiger partial charge in [0.15, 0.2) is 0 Å². The minimum Gasteiger partial charge on any atom is -0.367 e. The van der Waals surface area contributed by atoms with Crippen molar-refractivity contribution < 1.29 is 9.53 Å². The zero-order chi connectivity index (χ0) is 16.2. The normalized spacial score (nSPS) is 18.4. The van der Waals surface area contributed by atoms with Gasteiger partial charge >= 0.3 is 0 Å². The van der Waals surface area contributed by atoms with Gasteiger partial charge in [0, 0.05) is 37.4 Å². The van der Waals surface area contributed by atoms with Crippen LogP contribution in [0, 0.1) is 0 Å². The fourth-order valence-corrected chi connectivity index (χ4v) is 2.53. The van der Waals surface area contributed by atoms with Crippen molar-refractivity contribution in [3.05, 3.63) is 42.0 Å². The minimum atomic E-state index is -0.250. The van der Waals surface area contributed by atoms with E-state index < -0.39 is 0 Å². The molecule has 1 fully saturated rings. The van der Waals surface area contributed by atoms with Gasteiger partial charge in [-0.05, 0) is 14.1 Å². The van der Waals surface area contributed by atoms with Gasteiger partial charge in [-0.25, -0.2) is 9.97 Å². The third kappa shape index (κ3) is 3.72. The number of rotatable bonds is 4. The maximum absolute atomic E-state index is 12.5. The monoisotopic (exact) mass is 316 g/mol. The Labute approximate surface area is 134 Å². The van der Waals surface area contributed by atoms with Crippen LogP contribution >= 0.6 is 0 Å². The number of amides is 1. The molecule has 122 valence electrons. The predicted molar refractivity (Wildman–Crippen MR) is 82.6 cm³/mol. The van der Waals surface area contributed by atoms with Crippen LogP contribution in [-0.4, -0.2) is 69.4 Å². The van der Waals surface area contributed by atoms with Gasteiger partial charge in [-0.15, -0.1) is 0 Å². The van der Waals surface area contributed by atoms with E-state index in [-0.39, 0.29) is 12.0 Å². The molecule has 0 aliphatic carbocycles. The van der Waals surface area contributed by atoms with Gasteiger partial charge in [0.1, 0.15) is 17.6 Å². The predicted octanol–water partition coefficient (Wildman–Crippen LogP) is 0.475. The molecule has 3 rings (SSSR count). The number of morpholine rings is 1. The Hall–Kier alpha value is -2.32. The quantitative estimate of drug-likeness (QED) is 0.882. The first kappa shape index (κ1) is 15.6. The van der Waals surface area contributed by atoms with Crippen LogP contribution in [0.1, 0.15) is 28.1 Å². The lowest BCUT2D eigenvalue weighted by Crippen LogP contribution is -2.42. The molecule has 3 heterocycles. The summed E-state index contributed by atoms with van der Waals surface area (Å²) in [5.41, 5.74) is 1.37. The second kappa shape index (κ2) is 6.84. The second-order valence-electron chi connectivity index (χ2n) is 5.73. The molecule has 0 saturated carbocycles. The first-order valence-corrected chi connectivity index (χ1v) is 7.49. The molecule has 1 amide bonds. The molecule has 1 aliphatic rings. The van der Waals surface area contributed by atoms with Crippen LogP contribution in [0.25, 0.3) is 0 Å². The summed E-state index contributed by atoms with van der Waals surface area (Å²) < 4.78 is 5.76. The minimum absolute atomic E-state index is 0.133. The van der Waals surface area contributed by atoms with E-state index in [1.807, 2.05) is 20.3 Å². The van der Waals surface area contributed by atoms with Crippen molar-refractivity contribution in [1.82, 2.24) is 29.7 Å². The Morgan fingerprint density at radius 3 is 3.00 bits per heavy atom. The van der Waals surface area contributed by atoms with Crippen LogP contribution in [0.15, 0.2) is 24.8 Å². The van der Waals surface area contributed by atoms with Crippen molar-refractivity contribution in [2.24, 2.45) is 0 Å². The van der Waals surface area contributed by atoms with Gasteiger partial charge in [-0.2, -0.15) is 0 Å². The largest absolute Gasteiger partial charge is 0.367 e. The van der Waals surface area contributed by atoms with E-state index in [1.54, 1.807) is 11.1 Å². The molecule has 23 heavy (non-hydrogen) atoms. The van der Waals surface area contributed by atoms with Gasteiger partial charge in [0.25, 0.3) is 5.91 Å². The molecular weight excluding hydrogens is 296 g/mol. The highest BCUT2D eigenvalue weighted by molar-refractivity contribution is 5.92. The van der Waals surface area contributed by atoms with E-state index in [1.165, 1.54) is 12.4 Å². The van der Waals surface area contributed by atoms with Crippen molar-refractivity contribution >= 4 is 5.91 Å². The van der Waals surface area contributed by atoms with Crippen LogP contribution in [0.2, 0.25) is 0 Å². The number of aromatic nitrogens is 4. The summed E-state index contributed by atoms with van der Waals surface area (Å²) in [7, 11) is 4.00. The lowest BCUT2D eigenvalue weighted by molar-refractivity contribution is -0.0267. The van der Waals surface area contributed by atoms with E-state index in [0.29, 0.717) is 25.4 Å². The Kier molecular flexibility index (Phi) is 4.63. The summed E-state index contributed by atoms with van der Waals surface area (Å²) in [4.78, 5) is 31.9. The number of carbonyl (C=O) groups is 1. The fraction of sp³-hybridized carbons (Fsp3) is 0.467. The van der Waals surface area contributed by atoms with Crippen molar-refractivity contribution in [3.8, 4) is 0 Å². The van der Waals surface area contributed by atoms with E-state index in [4.69, 9.17) is 4.74 Å². The molecule has 2 aromatic heterocycles. The zero-order valence-electron chi connectivity index (χ0n) is 13.3. The number of imidazole rings is 1. The molecule has 1 N–H and O–H groups in total. The molecule has 0 radical (unpaired) electrons. The topological polar surface area (TPSA) is 87.2 Å². The summed E-state index contributed by atoms with van der Waals surface area (Å²) >= 11 is 0. The zero-order valence-corrected chi connectivity index (χ0v) is 13.3. The first-order chi connectivity index (χ1) is 11.1. The van der Waals surface area contributed by atoms with Gasteiger partial charge < -0.3 is 19.5 Å². The average molecular weight is 316 g/mol. The second-order valence-corrected chi connectivity index (χ2v) is 5.73. The van der Waals surface area contributed by atoms with Gasteiger partial charge in [-0.3, -0.25) is 9.78 Å². The summed E-state index contributed by atoms with van der Waals surface area (Å²) in [6, 6.07) is 0. The van der Waals surface area contributed by atoms with E-state index in [2.05, 4.69) is 24.8 Å². The van der Waals surface area contributed by atoms with E-state index in [0.717, 1.165) is 18.1 Å². The Bertz CT molecular complexity index is 657. The molecular formula is C15H20N6O2. The Balaban J connectivity index is 1.68. The van der Waals surface area contributed by atoms with E-state index in [9.17, 15) is 4.79 Å². The number of hydrogen-bond donors (Lipinski definition) is 1. The van der Waals surface area contributed by atoms with Crippen molar-refractivity contribution in [3.63, 3.8) is 0 Å². The lowest BCUT2D eigenvalue weighted by atomic mass is 10.2. The van der Waals surface area contributed by atoms with Crippen molar-refractivity contribution in [2.45, 2.75) is 12.6 Å². The molecule has 1 unspecified atom stereocenters. The van der Waals surface area contributed by atoms with Crippen LogP contribution in [0.3, 0.4) is 0 Å². The number of nitrogens with one attached hydrogen (secondary N) is 1. The Morgan fingerprint density at radius 2 is 2.26 bits per heavy atom. The third-order valence-electron chi connectivity index (χ3n) is 3.58. The number of aromatic amines is 1. The van der Waals surface area contributed by atoms with Crippen molar-refractivity contribution in [1.29, 1.82) is 0 Å². The van der Waals surface area contributed by atoms with Crippen molar-refractivity contribution in [2.75, 3.05) is 33.8 Å². The standard InChI is InChI=1S/C15H20N6O2/c1-20(2)9-11-7-18-14(19-11)13-10-21(5-6-23-13)15(22)12-8-16-3-4-17-12/h3-4,7-8,13H,5-6,9-10H2,1-2H3,(H,18,19). The number of nitrogens with zero attached hydrogens (tertiary/aromatic N) is 5. The smallest absolute Gasteiger partial charge is 0.274 e. The summed E-state index contributed by atoms with van der Waals surface area (Å²) in [5, 5.41) is 0. The maximum atomic E-state index is 12.5. The third-order valence-corrected chi connectivity index (χ3v) is 3.58. The number of hydrogen-bond acceptors (Lipinski definition) is 6. The Morgan fingerprint density at radius 1 is 1.39 bits per heavy atom. The van der Waals surface area contributed by atoms with Crippen LogP contribution in [0.4, 0.5) is 0 Å². The highest BCUT2D eigenvalue weighted by Gasteiger charge is 2.28. The lowest BCUT2D eigenvalue weighted by Gasteiger charge is -2.31. The molecule has 1 atom stereocenters. The molecule has 8 heteroatoms. The summed E-state index contributed by atoms with van der Waals surface area (Å²) in [6.07, 6.45) is 6.11. The number of ether oxygens (including phenoxy) is 1. The van der Waals surface area contributed by atoms with Gasteiger partial charge in [0.05, 0.1) is 19.3 Å². The average Bonchev–Trinajstić information content (AvgIpc) is 3.03. The molecule has 0 bridgehead atoms. The fourth-order valence-electron chi connectivity index (χ4n) is 2.53. The molecule has 0 spiro atoms. The highest BCUT2D eigenvalue weighted by Crippen LogP contribution is 2.21. The number of H-pyrrole nitrogens is 1. The van der Waals surface area contributed by atoms with E-state index >= 15 is 0 Å². The highest BCUT2D eigenvalue weighted by atomic mass is 16.5. The molecule has 1 saturated heterocycles. The molecule has 2 aromatic rings. The van der Waals surface area contributed by atoms with Gasteiger partial charge in [0.2, 0.25) is 0 Å². The summed E-state index contributed by atoms with van der Waals surface area (Å²) in [5.74, 6) is 0.616. The molecule has 0 aromatic carbocycles. The van der Waals surface area contributed by atoms with Crippen LogP contribution in [0.5, 0.6) is 0 Å². The SMILES string of the molecule is CN(C)Cc1cnc(C2CN(C(=O)c3cnccn3)CCO2)[nH]1. The van der Waals surface area contributed by atoms with Gasteiger partial charge in [-0.1, -0.05) is 0 Å². The maximum Gasteiger partial charge on any atom is 0.274 e. The van der Waals surface area contributed by atoms with Crippen LogP contribution in [-0.2, 0) is 11.3 Å². The molecule has 1 aliphatic heterocycles. The summed E-state index contributed by atoms with van der Waals surface area (Å²) in [6.45, 7) is 2.24. The number of carbonyl (C=O) groups excluding carboxylic acids is 1. The molecule has 8 nitrogen and oxygen atoms in total. The van der Waals surface area contributed by atoms with Crippen LogP contribution < -0.4 is 0 Å².